The lowest BCUT2D eigenvalue weighted by Crippen LogP contribution is -2.41. The van der Waals surface area contributed by atoms with Crippen LogP contribution in [0.5, 0.6) is 5.88 Å². The number of ether oxygens (including phenoxy) is 1. The van der Waals surface area contributed by atoms with Crippen LogP contribution in [0.15, 0.2) is 67.1 Å². The van der Waals surface area contributed by atoms with E-state index in [2.05, 4.69) is 43.8 Å². The van der Waals surface area contributed by atoms with Gasteiger partial charge < -0.3 is 9.16 Å². The van der Waals surface area contributed by atoms with Gasteiger partial charge in [0.2, 0.25) is 5.88 Å². The van der Waals surface area contributed by atoms with Crippen LogP contribution in [0.3, 0.4) is 0 Å². The highest BCUT2D eigenvalue weighted by atomic mass is 28.4. The Bertz CT molecular complexity index is 1320. The number of methoxy groups -OCH3 is 1. The van der Waals surface area contributed by atoms with Crippen molar-refractivity contribution >= 4 is 8.32 Å². The van der Waals surface area contributed by atoms with Gasteiger partial charge in [0.1, 0.15) is 11.5 Å². The number of hydrogen-bond acceptors (Lipinski definition) is 5. The highest BCUT2D eigenvalue weighted by Crippen LogP contribution is 2.41. The third kappa shape index (κ3) is 5.39. The maximum Gasteiger partial charge on any atom is 0.213 e. The first-order valence-corrected chi connectivity index (χ1v) is 14.9. The molecule has 0 saturated heterocycles. The van der Waals surface area contributed by atoms with Crippen molar-refractivity contribution in [1.29, 1.82) is 0 Å². The normalized spacial score (nSPS) is 12.1. The van der Waals surface area contributed by atoms with Crippen LogP contribution in [-0.2, 0) is 11.0 Å². The fraction of sp³-hybridized carbons (Fsp3) is 0.321. The summed E-state index contributed by atoms with van der Waals surface area (Å²) in [6, 6.07) is 14.2. The largest absolute Gasteiger partial charge is 0.481 e. The SMILES string of the molecule is COc1cc(-c2c(-c3ccncc3)c(-c3ccc(F)cc3)nn2CCO[Si](C)(C)C(C)(C)C)ccn1. The van der Waals surface area contributed by atoms with Crippen LogP contribution in [0.4, 0.5) is 4.39 Å². The lowest BCUT2D eigenvalue weighted by Gasteiger charge is -2.36. The summed E-state index contributed by atoms with van der Waals surface area (Å²) >= 11 is 0. The highest BCUT2D eigenvalue weighted by Gasteiger charge is 2.37. The van der Waals surface area contributed by atoms with E-state index >= 15 is 0 Å². The van der Waals surface area contributed by atoms with Crippen molar-refractivity contribution in [3.63, 3.8) is 0 Å². The number of rotatable bonds is 8. The van der Waals surface area contributed by atoms with Crippen molar-refractivity contribution in [2.24, 2.45) is 0 Å². The molecule has 0 N–H and O–H groups in total. The van der Waals surface area contributed by atoms with Crippen LogP contribution >= 0.6 is 0 Å². The van der Waals surface area contributed by atoms with Crippen LogP contribution in [0.1, 0.15) is 20.8 Å². The molecular weight excluding hydrogens is 471 g/mol. The summed E-state index contributed by atoms with van der Waals surface area (Å²) in [6.45, 7) is 12.3. The molecule has 0 atom stereocenters. The van der Waals surface area contributed by atoms with Crippen molar-refractivity contribution in [3.05, 3.63) is 72.9 Å². The van der Waals surface area contributed by atoms with Crippen molar-refractivity contribution in [1.82, 2.24) is 19.7 Å². The monoisotopic (exact) mass is 504 g/mol. The van der Waals surface area contributed by atoms with Crippen LogP contribution in [0.2, 0.25) is 18.1 Å². The first kappa shape index (κ1) is 25.7. The Balaban J connectivity index is 1.88. The molecule has 0 radical (unpaired) electrons. The van der Waals surface area contributed by atoms with Crippen molar-refractivity contribution in [2.45, 2.75) is 45.4 Å². The van der Waals surface area contributed by atoms with Crippen LogP contribution in [0, 0.1) is 5.82 Å². The highest BCUT2D eigenvalue weighted by molar-refractivity contribution is 6.74. The lowest BCUT2D eigenvalue weighted by atomic mass is 9.97. The molecule has 4 rings (SSSR count). The third-order valence-corrected chi connectivity index (χ3v) is 11.4. The molecule has 3 aromatic heterocycles. The predicted octanol–water partition coefficient (Wildman–Crippen LogP) is 6.84. The van der Waals surface area contributed by atoms with E-state index in [1.165, 1.54) is 12.1 Å². The van der Waals surface area contributed by atoms with E-state index in [1.807, 2.05) is 28.9 Å². The first-order valence-electron chi connectivity index (χ1n) is 12.0. The Labute approximate surface area is 213 Å². The van der Waals surface area contributed by atoms with E-state index < -0.39 is 8.32 Å². The van der Waals surface area contributed by atoms with Gasteiger partial charge >= 0.3 is 0 Å². The van der Waals surface area contributed by atoms with E-state index in [4.69, 9.17) is 14.3 Å². The summed E-state index contributed by atoms with van der Waals surface area (Å²) in [4.78, 5) is 8.49. The molecule has 3 heterocycles. The smallest absolute Gasteiger partial charge is 0.213 e. The summed E-state index contributed by atoms with van der Waals surface area (Å²) < 4.78 is 27.7. The van der Waals surface area contributed by atoms with Gasteiger partial charge in [-0.15, -0.1) is 0 Å². The molecule has 188 valence electrons. The molecule has 0 bridgehead atoms. The molecule has 36 heavy (non-hydrogen) atoms. The van der Waals surface area contributed by atoms with Gasteiger partial charge in [0.25, 0.3) is 0 Å². The molecule has 0 fully saturated rings. The Morgan fingerprint density at radius 2 is 1.58 bits per heavy atom. The van der Waals surface area contributed by atoms with E-state index in [1.54, 1.807) is 37.8 Å². The Morgan fingerprint density at radius 3 is 2.22 bits per heavy atom. The molecule has 0 unspecified atom stereocenters. The zero-order chi connectivity index (χ0) is 25.9. The summed E-state index contributed by atoms with van der Waals surface area (Å²) in [5, 5.41) is 5.16. The van der Waals surface area contributed by atoms with Crippen molar-refractivity contribution < 1.29 is 13.6 Å². The van der Waals surface area contributed by atoms with E-state index in [9.17, 15) is 4.39 Å². The number of benzene rings is 1. The first-order chi connectivity index (χ1) is 17.1. The number of hydrogen-bond donors (Lipinski definition) is 0. The topological polar surface area (TPSA) is 62.1 Å². The minimum Gasteiger partial charge on any atom is -0.481 e. The van der Waals surface area contributed by atoms with Gasteiger partial charge in [-0.3, -0.25) is 9.67 Å². The van der Waals surface area contributed by atoms with Crippen molar-refractivity contribution in [3.8, 4) is 39.5 Å². The number of aromatic nitrogens is 4. The zero-order valence-corrected chi connectivity index (χ0v) is 22.7. The molecule has 0 aliphatic carbocycles. The molecule has 0 spiro atoms. The molecule has 6 nitrogen and oxygen atoms in total. The molecule has 0 amide bonds. The van der Waals surface area contributed by atoms with Gasteiger partial charge in [0, 0.05) is 41.3 Å². The summed E-state index contributed by atoms with van der Waals surface area (Å²) in [6.07, 6.45) is 5.25. The van der Waals surface area contributed by atoms with Gasteiger partial charge in [-0.2, -0.15) is 5.10 Å². The molecule has 0 aliphatic rings. The second kappa shape index (κ2) is 10.3. The van der Waals surface area contributed by atoms with Gasteiger partial charge in [0.05, 0.1) is 26.0 Å². The Hall–Kier alpha value is -3.36. The molecule has 0 aliphatic heterocycles. The number of pyridine rings is 2. The van der Waals surface area contributed by atoms with Crippen LogP contribution < -0.4 is 4.74 Å². The van der Waals surface area contributed by atoms with Crippen molar-refractivity contribution in [2.75, 3.05) is 13.7 Å². The van der Waals surface area contributed by atoms with E-state index in [-0.39, 0.29) is 10.9 Å². The van der Waals surface area contributed by atoms with E-state index in [0.717, 1.165) is 33.6 Å². The molecule has 0 saturated carbocycles. The minimum atomic E-state index is -1.93. The third-order valence-electron chi connectivity index (χ3n) is 6.83. The van der Waals surface area contributed by atoms with Crippen LogP contribution in [0.25, 0.3) is 33.6 Å². The summed E-state index contributed by atoms with van der Waals surface area (Å²) in [5.74, 6) is 0.229. The Kier molecular flexibility index (Phi) is 7.37. The van der Waals surface area contributed by atoms with Gasteiger partial charge in [-0.25, -0.2) is 9.37 Å². The molecule has 1 aromatic carbocycles. The standard InChI is InChI=1S/C28H33FN4O2Si/c1-28(2,3)36(5,6)35-18-17-33-27(22-13-16-31-24(19-22)34-4)25(20-11-14-30-15-12-20)26(32-33)21-7-9-23(29)10-8-21/h7-16,19H,17-18H2,1-6H3. The average molecular weight is 505 g/mol. The molecule has 8 heteroatoms. The number of halogens is 1. The lowest BCUT2D eigenvalue weighted by molar-refractivity contribution is 0.267. The molecule has 4 aromatic rings. The van der Waals surface area contributed by atoms with Gasteiger partial charge in [0.15, 0.2) is 8.32 Å². The predicted molar refractivity (Wildman–Crippen MR) is 144 cm³/mol. The maximum absolute atomic E-state index is 13.8. The van der Waals surface area contributed by atoms with Crippen LogP contribution in [-0.4, -0.2) is 41.8 Å². The Morgan fingerprint density at radius 1 is 0.917 bits per heavy atom. The minimum absolute atomic E-state index is 0.111. The zero-order valence-electron chi connectivity index (χ0n) is 21.7. The fourth-order valence-electron chi connectivity index (χ4n) is 3.79. The summed E-state index contributed by atoms with van der Waals surface area (Å²) in [5.41, 5.74) is 5.33. The van der Waals surface area contributed by atoms with Gasteiger partial charge in [-0.05, 0) is 66.2 Å². The second-order valence-electron chi connectivity index (χ2n) is 10.2. The van der Waals surface area contributed by atoms with Gasteiger partial charge in [-0.1, -0.05) is 20.8 Å². The number of nitrogens with zero attached hydrogens (tertiary/aromatic N) is 4. The maximum atomic E-state index is 13.8. The van der Waals surface area contributed by atoms with E-state index in [0.29, 0.717) is 19.0 Å². The average Bonchev–Trinajstić information content (AvgIpc) is 3.23. The second-order valence-corrected chi connectivity index (χ2v) is 15.0. The fourth-order valence-corrected chi connectivity index (χ4v) is 4.83. The summed E-state index contributed by atoms with van der Waals surface area (Å²) in [7, 11) is -0.331. The quantitative estimate of drug-likeness (QED) is 0.246. The molecular formula is C28H33FN4O2Si.